The number of quaternary nitrogens is 1. The van der Waals surface area contributed by atoms with Crippen LogP contribution in [0.2, 0.25) is 5.02 Å². The molecule has 1 saturated heterocycles. The quantitative estimate of drug-likeness (QED) is 0.722. The number of aromatic amines is 1. The molecule has 0 spiro atoms. The standard InChI is InChI=1S/C19H20ClN3O2S/c1-11-7-23(8-12(2)25-11)9-16-21-18(24)17-14(10-26-19(17)22-16)13-5-3-4-6-15(13)20/h3-6,10-12H,7-9H2,1-2H3,(H,21,22,24)/p+1/t11-,12-/m1/s1. The molecule has 0 amide bonds. The van der Waals surface area contributed by atoms with Gasteiger partial charge >= 0.3 is 0 Å². The van der Waals surface area contributed by atoms with Crippen LogP contribution >= 0.6 is 22.9 Å². The second-order valence-electron chi connectivity index (χ2n) is 6.91. The zero-order valence-electron chi connectivity index (χ0n) is 14.7. The van der Waals surface area contributed by atoms with E-state index in [1.807, 2.05) is 29.6 Å². The molecule has 1 aromatic carbocycles. The van der Waals surface area contributed by atoms with Crippen molar-refractivity contribution >= 4 is 33.2 Å². The molecule has 26 heavy (non-hydrogen) atoms. The summed E-state index contributed by atoms with van der Waals surface area (Å²) in [6, 6.07) is 7.57. The van der Waals surface area contributed by atoms with Crippen LogP contribution in [0.25, 0.3) is 21.3 Å². The van der Waals surface area contributed by atoms with Gasteiger partial charge in [-0.1, -0.05) is 29.8 Å². The summed E-state index contributed by atoms with van der Waals surface area (Å²) in [7, 11) is 0. The molecule has 2 aromatic heterocycles. The zero-order valence-corrected chi connectivity index (χ0v) is 16.3. The number of nitrogens with one attached hydrogen (secondary N) is 2. The second kappa shape index (κ2) is 7.12. The maximum Gasteiger partial charge on any atom is 0.260 e. The summed E-state index contributed by atoms with van der Waals surface area (Å²) in [6.07, 6.45) is 0.440. The van der Waals surface area contributed by atoms with E-state index in [1.165, 1.54) is 16.2 Å². The fourth-order valence-corrected chi connectivity index (χ4v) is 4.92. The number of aromatic nitrogens is 2. The monoisotopic (exact) mass is 390 g/mol. The number of halogens is 1. The molecule has 2 N–H and O–H groups in total. The van der Waals surface area contributed by atoms with Gasteiger partial charge in [-0.3, -0.25) is 4.79 Å². The van der Waals surface area contributed by atoms with Gasteiger partial charge in [0.1, 0.15) is 36.7 Å². The Morgan fingerprint density at radius 2 is 2.00 bits per heavy atom. The summed E-state index contributed by atoms with van der Waals surface area (Å²) in [4.78, 5) is 22.6. The first-order chi connectivity index (χ1) is 12.5. The number of rotatable bonds is 3. The molecule has 0 aliphatic carbocycles. The molecule has 1 aliphatic rings. The lowest BCUT2D eigenvalue weighted by atomic mass is 10.1. The Morgan fingerprint density at radius 3 is 2.73 bits per heavy atom. The largest absolute Gasteiger partial charge is 0.364 e. The van der Waals surface area contributed by atoms with Gasteiger partial charge in [0.15, 0.2) is 5.82 Å². The minimum atomic E-state index is -0.102. The van der Waals surface area contributed by atoms with Crippen LogP contribution in [0.1, 0.15) is 19.7 Å². The van der Waals surface area contributed by atoms with Crippen molar-refractivity contribution in [2.45, 2.75) is 32.6 Å². The summed E-state index contributed by atoms with van der Waals surface area (Å²) in [5.74, 6) is 0.728. The molecule has 1 fully saturated rings. The smallest absolute Gasteiger partial charge is 0.260 e. The fourth-order valence-electron chi connectivity index (χ4n) is 3.73. The van der Waals surface area contributed by atoms with Crippen LogP contribution in [0.15, 0.2) is 34.4 Å². The zero-order chi connectivity index (χ0) is 18.3. The Kier molecular flexibility index (Phi) is 4.84. The van der Waals surface area contributed by atoms with E-state index in [0.29, 0.717) is 17.0 Å². The number of morpholine rings is 1. The van der Waals surface area contributed by atoms with E-state index in [1.54, 1.807) is 0 Å². The lowest BCUT2D eigenvalue weighted by molar-refractivity contribution is -0.928. The van der Waals surface area contributed by atoms with E-state index >= 15 is 0 Å². The lowest BCUT2D eigenvalue weighted by Crippen LogP contribution is -3.14. The number of thiophene rings is 1. The number of H-pyrrole nitrogens is 1. The summed E-state index contributed by atoms with van der Waals surface area (Å²) >= 11 is 7.80. The molecule has 4 rings (SSSR count). The molecule has 0 saturated carbocycles. The minimum absolute atomic E-state index is 0.102. The summed E-state index contributed by atoms with van der Waals surface area (Å²) < 4.78 is 5.79. The van der Waals surface area contributed by atoms with Crippen molar-refractivity contribution < 1.29 is 9.64 Å². The first kappa shape index (κ1) is 17.7. The highest BCUT2D eigenvalue weighted by atomic mass is 35.5. The first-order valence-corrected chi connectivity index (χ1v) is 10.0. The van der Waals surface area contributed by atoms with Gasteiger partial charge in [0.25, 0.3) is 5.56 Å². The number of fused-ring (bicyclic) bond motifs is 1. The highest BCUT2D eigenvalue weighted by molar-refractivity contribution is 7.17. The molecule has 0 unspecified atom stereocenters. The van der Waals surface area contributed by atoms with Crippen molar-refractivity contribution in [1.29, 1.82) is 0 Å². The third kappa shape index (κ3) is 3.42. The minimum Gasteiger partial charge on any atom is -0.364 e. The second-order valence-corrected chi connectivity index (χ2v) is 8.18. The van der Waals surface area contributed by atoms with Crippen LogP contribution in [-0.4, -0.2) is 35.3 Å². The molecule has 0 bridgehead atoms. The molecule has 2 atom stereocenters. The highest BCUT2D eigenvalue weighted by Crippen LogP contribution is 2.34. The van der Waals surface area contributed by atoms with Crippen molar-refractivity contribution in [2.24, 2.45) is 0 Å². The highest BCUT2D eigenvalue weighted by Gasteiger charge is 2.26. The molecule has 136 valence electrons. The van der Waals surface area contributed by atoms with Gasteiger partial charge in [-0.15, -0.1) is 11.3 Å². The summed E-state index contributed by atoms with van der Waals surface area (Å²) in [6.45, 7) is 6.71. The Bertz CT molecular complexity index is 990. The lowest BCUT2D eigenvalue weighted by Gasteiger charge is -2.32. The van der Waals surface area contributed by atoms with Crippen LogP contribution in [0.4, 0.5) is 0 Å². The van der Waals surface area contributed by atoms with Gasteiger partial charge in [0, 0.05) is 21.5 Å². The van der Waals surface area contributed by atoms with Crippen LogP contribution in [0, 0.1) is 0 Å². The Morgan fingerprint density at radius 1 is 1.27 bits per heavy atom. The molecule has 0 radical (unpaired) electrons. The predicted octanol–water partition coefficient (Wildman–Crippen LogP) is 2.50. The number of hydrogen-bond donors (Lipinski definition) is 2. The van der Waals surface area contributed by atoms with E-state index < -0.39 is 0 Å². The van der Waals surface area contributed by atoms with Crippen LogP contribution in [-0.2, 0) is 11.3 Å². The Hall–Kier alpha value is -1.73. The van der Waals surface area contributed by atoms with E-state index in [4.69, 9.17) is 21.3 Å². The number of hydrogen-bond acceptors (Lipinski definition) is 4. The van der Waals surface area contributed by atoms with Crippen molar-refractivity contribution in [3.8, 4) is 11.1 Å². The first-order valence-electron chi connectivity index (χ1n) is 8.75. The van der Waals surface area contributed by atoms with Crippen LogP contribution in [0.5, 0.6) is 0 Å². The maximum absolute atomic E-state index is 12.8. The molecule has 7 heteroatoms. The maximum atomic E-state index is 12.8. The molecule has 5 nitrogen and oxygen atoms in total. The SMILES string of the molecule is C[C@@H]1C[NH+](Cc2nc3scc(-c4ccccc4Cl)c3c(=O)[nH]2)C[C@@H](C)O1. The predicted molar refractivity (Wildman–Crippen MR) is 105 cm³/mol. The van der Waals surface area contributed by atoms with Crippen molar-refractivity contribution in [1.82, 2.24) is 9.97 Å². The van der Waals surface area contributed by atoms with Gasteiger partial charge in [-0.05, 0) is 19.9 Å². The van der Waals surface area contributed by atoms with Crippen molar-refractivity contribution in [3.05, 3.63) is 50.8 Å². The Labute approximate surface area is 160 Å². The number of ether oxygens (including phenoxy) is 1. The van der Waals surface area contributed by atoms with Gasteiger partial charge in [0.05, 0.1) is 5.39 Å². The Balaban J connectivity index is 1.68. The molecule has 3 heterocycles. The van der Waals surface area contributed by atoms with Crippen molar-refractivity contribution in [2.75, 3.05) is 13.1 Å². The molecular weight excluding hydrogens is 370 g/mol. The van der Waals surface area contributed by atoms with E-state index in [0.717, 1.165) is 34.9 Å². The molecule has 1 aliphatic heterocycles. The third-order valence-corrected chi connectivity index (χ3v) is 5.89. The fraction of sp³-hybridized carbons (Fsp3) is 0.368. The average molecular weight is 391 g/mol. The molecular formula is C19H21ClN3O2S+. The normalized spacial score (nSPS) is 23.4. The third-order valence-electron chi connectivity index (χ3n) is 4.69. The molecule has 3 aromatic rings. The summed E-state index contributed by atoms with van der Waals surface area (Å²) in [5.41, 5.74) is 1.61. The van der Waals surface area contributed by atoms with Gasteiger partial charge in [-0.25, -0.2) is 4.98 Å². The number of benzene rings is 1. The topological polar surface area (TPSA) is 59.4 Å². The van der Waals surface area contributed by atoms with Crippen LogP contribution in [0.3, 0.4) is 0 Å². The number of nitrogens with zero attached hydrogens (tertiary/aromatic N) is 1. The van der Waals surface area contributed by atoms with Gasteiger partial charge in [0.2, 0.25) is 0 Å². The van der Waals surface area contributed by atoms with Crippen molar-refractivity contribution in [3.63, 3.8) is 0 Å². The van der Waals surface area contributed by atoms with E-state index in [9.17, 15) is 4.79 Å². The van der Waals surface area contributed by atoms with E-state index in [2.05, 4.69) is 18.8 Å². The average Bonchev–Trinajstić information content (AvgIpc) is 2.98. The van der Waals surface area contributed by atoms with Crippen LogP contribution < -0.4 is 10.5 Å². The van der Waals surface area contributed by atoms with Gasteiger partial charge < -0.3 is 14.6 Å². The van der Waals surface area contributed by atoms with E-state index in [-0.39, 0.29) is 17.8 Å². The summed E-state index contributed by atoms with van der Waals surface area (Å²) in [5, 5.41) is 3.21. The van der Waals surface area contributed by atoms with Gasteiger partial charge in [-0.2, -0.15) is 0 Å².